The molecule has 0 radical (unpaired) electrons. The lowest BCUT2D eigenvalue weighted by molar-refractivity contribution is -0.178. The largest absolute Gasteiger partial charge is 0.497 e. The van der Waals surface area contributed by atoms with E-state index >= 15 is 0 Å². The predicted octanol–water partition coefficient (Wildman–Crippen LogP) is 2.10. The number of methoxy groups -OCH3 is 1. The van der Waals surface area contributed by atoms with Crippen molar-refractivity contribution >= 4 is 23.2 Å². The van der Waals surface area contributed by atoms with Gasteiger partial charge in [-0.05, 0) is 18.2 Å². The quantitative estimate of drug-likeness (QED) is 0.894. The van der Waals surface area contributed by atoms with Crippen molar-refractivity contribution < 1.29 is 23.8 Å². The van der Waals surface area contributed by atoms with Crippen molar-refractivity contribution in [1.82, 2.24) is 0 Å². The fraction of sp³-hybridized carbons (Fsp3) is 0.222. The van der Waals surface area contributed by atoms with Gasteiger partial charge in [0.2, 0.25) is 0 Å². The van der Waals surface area contributed by atoms with Gasteiger partial charge in [-0.25, -0.2) is 0 Å². The topological polar surface area (TPSA) is 85.9 Å². The highest BCUT2D eigenvalue weighted by Crippen LogP contribution is 2.47. The first-order valence-electron chi connectivity index (χ1n) is 7.82. The normalized spacial score (nSPS) is 17.2. The zero-order chi connectivity index (χ0) is 17.4. The van der Waals surface area contributed by atoms with E-state index in [0.717, 1.165) is 0 Å². The van der Waals surface area contributed by atoms with E-state index in [1.165, 1.54) is 7.11 Å². The van der Waals surface area contributed by atoms with Crippen molar-refractivity contribution in [3.8, 4) is 5.75 Å². The van der Waals surface area contributed by atoms with Gasteiger partial charge in [0, 0.05) is 11.6 Å². The number of anilines is 2. The van der Waals surface area contributed by atoms with E-state index in [4.69, 9.17) is 14.2 Å². The van der Waals surface area contributed by atoms with E-state index in [2.05, 4.69) is 10.6 Å². The molecule has 0 bridgehead atoms. The molecule has 0 aliphatic carbocycles. The van der Waals surface area contributed by atoms with Gasteiger partial charge in [-0.2, -0.15) is 0 Å². The van der Waals surface area contributed by atoms with Crippen LogP contribution in [0.3, 0.4) is 0 Å². The molecule has 1 spiro atoms. The van der Waals surface area contributed by atoms with Crippen LogP contribution < -0.4 is 15.4 Å². The minimum atomic E-state index is -1.48. The molecule has 2 amide bonds. The van der Waals surface area contributed by atoms with Crippen LogP contribution in [0.15, 0.2) is 42.5 Å². The molecule has 7 heteroatoms. The van der Waals surface area contributed by atoms with Crippen LogP contribution in [0, 0.1) is 0 Å². The van der Waals surface area contributed by atoms with Crippen molar-refractivity contribution in [3.05, 3.63) is 53.6 Å². The third-order valence-electron chi connectivity index (χ3n) is 4.22. The van der Waals surface area contributed by atoms with E-state index in [9.17, 15) is 9.59 Å². The predicted molar refractivity (Wildman–Crippen MR) is 89.6 cm³/mol. The fourth-order valence-electron chi connectivity index (χ4n) is 3.03. The molecule has 4 rings (SSSR count). The Morgan fingerprint density at radius 3 is 2.60 bits per heavy atom. The van der Waals surface area contributed by atoms with E-state index in [0.29, 0.717) is 41.5 Å². The smallest absolute Gasteiger partial charge is 0.290 e. The van der Waals surface area contributed by atoms with Gasteiger partial charge >= 0.3 is 0 Å². The Kier molecular flexibility index (Phi) is 3.67. The van der Waals surface area contributed by atoms with Crippen molar-refractivity contribution in [2.24, 2.45) is 0 Å². The Bertz CT molecular complexity index is 844. The summed E-state index contributed by atoms with van der Waals surface area (Å²) < 4.78 is 16.5. The van der Waals surface area contributed by atoms with Crippen LogP contribution >= 0.6 is 0 Å². The van der Waals surface area contributed by atoms with Gasteiger partial charge in [0.1, 0.15) is 5.75 Å². The third kappa shape index (κ3) is 2.45. The second kappa shape index (κ2) is 5.87. The van der Waals surface area contributed by atoms with Crippen LogP contribution in [0.2, 0.25) is 0 Å². The van der Waals surface area contributed by atoms with Crippen molar-refractivity contribution in [2.75, 3.05) is 31.0 Å². The molecule has 1 saturated heterocycles. The molecule has 2 aromatic rings. The molecule has 128 valence electrons. The van der Waals surface area contributed by atoms with E-state index < -0.39 is 11.7 Å². The second-order valence-electron chi connectivity index (χ2n) is 5.69. The number of amides is 2. The lowest BCUT2D eigenvalue weighted by atomic mass is 10.0. The molecule has 25 heavy (non-hydrogen) atoms. The number of hydrogen-bond donors (Lipinski definition) is 2. The first-order chi connectivity index (χ1) is 12.1. The van der Waals surface area contributed by atoms with Crippen LogP contribution in [0.25, 0.3) is 0 Å². The average molecular weight is 340 g/mol. The summed E-state index contributed by atoms with van der Waals surface area (Å²) in [6, 6.07) is 12.1. The number of rotatable bonds is 3. The number of ether oxygens (including phenoxy) is 3. The Morgan fingerprint density at radius 2 is 1.92 bits per heavy atom. The highest BCUT2D eigenvalue weighted by molar-refractivity contribution is 6.12. The molecule has 2 aliphatic heterocycles. The summed E-state index contributed by atoms with van der Waals surface area (Å²) >= 11 is 0. The fourth-order valence-corrected chi connectivity index (χ4v) is 3.03. The molecule has 2 aliphatic rings. The van der Waals surface area contributed by atoms with E-state index in [1.54, 1.807) is 36.4 Å². The molecule has 1 fully saturated rings. The molecule has 2 N–H and O–H groups in total. The van der Waals surface area contributed by atoms with Gasteiger partial charge in [-0.15, -0.1) is 0 Å². The van der Waals surface area contributed by atoms with Gasteiger partial charge in [0.05, 0.1) is 37.3 Å². The summed E-state index contributed by atoms with van der Waals surface area (Å²) in [5.41, 5.74) is 1.88. The number of fused-ring (bicyclic) bond motifs is 2. The second-order valence-corrected chi connectivity index (χ2v) is 5.69. The number of hydrogen-bond acceptors (Lipinski definition) is 5. The summed E-state index contributed by atoms with van der Waals surface area (Å²) in [6.07, 6.45) is 0. The van der Waals surface area contributed by atoms with Gasteiger partial charge in [0.15, 0.2) is 0 Å². The standard InChI is InChI=1S/C18H16N2O5/c1-23-12-9-13-15(20-17(22)18(13)24-7-8-25-18)14(10-12)19-16(21)11-5-3-2-4-6-11/h2-6,9-10H,7-8H2,1H3,(H,19,21)(H,20,22). The van der Waals surface area contributed by atoms with Gasteiger partial charge in [-0.3, -0.25) is 9.59 Å². The van der Waals surface area contributed by atoms with Crippen molar-refractivity contribution in [1.29, 1.82) is 0 Å². The first-order valence-corrected chi connectivity index (χ1v) is 7.82. The minimum absolute atomic E-state index is 0.292. The maximum atomic E-state index is 12.5. The van der Waals surface area contributed by atoms with E-state index in [-0.39, 0.29) is 5.91 Å². The highest BCUT2D eigenvalue weighted by Gasteiger charge is 2.53. The summed E-state index contributed by atoms with van der Waals surface area (Å²) in [4.78, 5) is 24.9. The van der Waals surface area contributed by atoms with Gasteiger partial charge < -0.3 is 24.8 Å². The lowest BCUT2D eigenvalue weighted by Gasteiger charge is -2.20. The van der Waals surface area contributed by atoms with E-state index in [1.807, 2.05) is 6.07 Å². The Hall–Kier alpha value is -2.90. The maximum absolute atomic E-state index is 12.5. The first kappa shape index (κ1) is 15.6. The summed E-state index contributed by atoms with van der Waals surface area (Å²) in [5, 5.41) is 5.56. The van der Waals surface area contributed by atoms with Crippen LogP contribution in [-0.4, -0.2) is 32.1 Å². The molecule has 2 aromatic carbocycles. The summed E-state index contributed by atoms with van der Waals surface area (Å²) in [5.74, 6) is -1.70. The molecule has 2 heterocycles. The average Bonchev–Trinajstić information content (AvgIpc) is 3.23. The zero-order valence-corrected chi connectivity index (χ0v) is 13.5. The molecular weight excluding hydrogens is 324 g/mol. The summed E-state index contributed by atoms with van der Waals surface area (Å²) in [7, 11) is 1.51. The minimum Gasteiger partial charge on any atom is -0.497 e. The van der Waals surface area contributed by atoms with Crippen LogP contribution in [0.1, 0.15) is 15.9 Å². The molecule has 0 atom stereocenters. The Morgan fingerprint density at radius 1 is 1.20 bits per heavy atom. The van der Waals surface area contributed by atoms with Crippen LogP contribution in [0.4, 0.5) is 11.4 Å². The van der Waals surface area contributed by atoms with Crippen LogP contribution in [-0.2, 0) is 20.1 Å². The van der Waals surface area contributed by atoms with Gasteiger partial charge in [-0.1, -0.05) is 18.2 Å². The molecule has 0 saturated carbocycles. The lowest BCUT2D eigenvalue weighted by Crippen LogP contribution is -2.35. The maximum Gasteiger partial charge on any atom is 0.290 e. The Balaban J connectivity index is 1.76. The zero-order valence-electron chi connectivity index (χ0n) is 13.5. The molecule has 7 nitrogen and oxygen atoms in total. The van der Waals surface area contributed by atoms with Crippen molar-refractivity contribution in [2.45, 2.75) is 5.79 Å². The van der Waals surface area contributed by atoms with Crippen molar-refractivity contribution in [3.63, 3.8) is 0 Å². The monoisotopic (exact) mass is 340 g/mol. The molecule has 0 unspecified atom stereocenters. The van der Waals surface area contributed by atoms with Crippen LogP contribution in [0.5, 0.6) is 5.75 Å². The number of carbonyl (C=O) groups is 2. The number of benzene rings is 2. The molecular formula is C18H16N2O5. The number of carbonyl (C=O) groups excluding carboxylic acids is 2. The molecule has 0 aromatic heterocycles. The summed E-state index contributed by atoms with van der Waals surface area (Å²) in [6.45, 7) is 0.631. The Labute approximate surface area is 143 Å². The highest BCUT2D eigenvalue weighted by atomic mass is 16.7. The third-order valence-corrected chi connectivity index (χ3v) is 4.22. The van der Waals surface area contributed by atoms with Gasteiger partial charge in [0.25, 0.3) is 17.6 Å². The number of nitrogens with one attached hydrogen (secondary N) is 2. The SMILES string of the molecule is COc1cc(NC(=O)c2ccccc2)c2c(c1)C1(OCCO1)C(=O)N2.